The monoisotopic (exact) mass is 321 g/mol. The zero-order chi connectivity index (χ0) is 16.8. The Morgan fingerprint density at radius 1 is 1.30 bits per heavy atom. The van der Waals surface area contributed by atoms with Gasteiger partial charge in [-0.1, -0.05) is 36.4 Å². The zero-order valence-electron chi connectivity index (χ0n) is 13.0. The van der Waals surface area contributed by atoms with E-state index in [-0.39, 0.29) is 0 Å². The second kappa shape index (κ2) is 7.57. The first-order valence-electron chi connectivity index (χ1n) is 7.19. The quantitative estimate of drug-likeness (QED) is 0.363. The summed E-state index contributed by atoms with van der Waals surface area (Å²) in [7, 11) is 0. The molecule has 0 bridgehead atoms. The molecule has 1 aromatic heterocycles. The van der Waals surface area contributed by atoms with Gasteiger partial charge in [-0.05, 0) is 37.1 Å². The molecular formula is C19H19N3S. The Labute approximate surface area is 141 Å². The number of fused-ring (bicyclic) bond motifs is 1. The standard InChI is InChI=1S/C10H12S.C9H7N3/c1-8(2)6-9-4-3-5-10(11)7-9;10-4-6-5-12-9-7(6)2-1-3-8(9)11/h3-5,7,11H,1,6H2,2H3;1-3,5,12H,11H2. The van der Waals surface area contributed by atoms with Gasteiger partial charge in [0.05, 0.1) is 16.8 Å². The molecule has 3 nitrogen and oxygen atoms in total. The number of nitrogens with one attached hydrogen (secondary N) is 1. The lowest BCUT2D eigenvalue weighted by molar-refractivity contribution is 1.14. The first-order chi connectivity index (χ1) is 11.0. The number of anilines is 1. The molecule has 0 amide bonds. The van der Waals surface area contributed by atoms with Crippen molar-refractivity contribution in [1.82, 2.24) is 4.98 Å². The first-order valence-corrected chi connectivity index (χ1v) is 7.64. The number of rotatable bonds is 2. The topological polar surface area (TPSA) is 65.6 Å². The van der Waals surface area contributed by atoms with Crippen molar-refractivity contribution in [3.8, 4) is 6.07 Å². The van der Waals surface area contributed by atoms with Crippen LogP contribution < -0.4 is 5.73 Å². The third kappa shape index (κ3) is 4.41. The molecule has 0 saturated heterocycles. The molecule has 0 aliphatic carbocycles. The van der Waals surface area contributed by atoms with Gasteiger partial charge in [-0.3, -0.25) is 0 Å². The average Bonchev–Trinajstić information content (AvgIpc) is 2.92. The van der Waals surface area contributed by atoms with E-state index in [0.29, 0.717) is 11.3 Å². The lowest BCUT2D eigenvalue weighted by Gasteiger charge is -2.00. The minimum atomic E-state index is 0.636. The van der Waals surface area contributed by atoms with Crippen LogP contribution in [-0.2, 0) is 6.42 Å². The highest BCUT2D eigenvalue weighted by molar-refractivity contribution is 7.80. The first kappa shape index (κ1) is 16.7. The maximum atomic E-state index is 8.70. The zero-order valence-corrected chi connectivity index (χ0v) is 13.9. The van der Waals surface area contributed by atoms with E-state index in [1.165, 1.54) is 11.1 Å². The summed E-state index contributed by atoms with van der Waals surface area (Å²) in [5.74, 6) is 0. The van der Waals surface area contributed by atoms with E-state index < -0.39 is 0 Å². The number of hydrogen-bond acceptors (Lipinski definition) is 3. The number of thiol groups is 1. The molecule has 0 spiro atoms. The largest absolute Gasteiger partial charge is 0.397 e. The molecule has 0 radical (unpaired) electrons. The van der Waals surface area contributed by atoms with Crippen LogP contribution in [0.25, 0.3) is 10.9 Å². The van der Waals surface area contributed by atoms with Crippen LogP contribution in [0.15, 0.2) is 65.7 Å². The normalized spacial score (nSPS) is 9.78. The molecule has 0 atom stereocenters. The molecule has 0 unspecified atom stereocenters. The second-order valence-corrected chi connectivity index (χ2v) is 5.90. The van der Waals surface area contributed by atoms with Crippen LogP contribution in [0.1, 0.15) is 18.1 Å². The van der Waals surface area contributed by atoms with Gasteiger partial charge in [0.15, 0.2) is 0 Å². The van der Waals surface area contributed by atoms with Crippen molar-refractivity contribution in [1.29, 1.82) is 5.26 Å². The van der Waals surface area contributed by atoms with Crippen LogP contribution in [0.3, 0.4) is 0 Å². The predicted octanol–water partition coefficient (Wildman–Crippen LogP) is 4.72. The van der Waals surface area contributed by atoms with Crippen molar-refractivity contribution in [3.05, 3.63) is 71.9 Å². The Morgan fingerprint density at radius 3 is 2.70 bits per heavy atom. The Bertz CT molecular complexity index is 872. The molecule has 2 aromatic carbocycles. The molecule has 23 heavy (non-hydrogen) atoms. The summed E-state index contributed by atoms with van der Waals surface area (Å²) >= 11 is 4.25. The van der Waals surface area contributed by atoms with Crippen LogP contribution >= 0.6 is 12.6 Å². The van der Waals surface area contributed by atoms with E-state index in [2.05, 4.69) is 42.4 Å². The number of benzene rings is 2. The van der Waals surface area contributed by atoms with E-state index in [0.717, 1.165) is 22.2 Å². The third-order valence-corrected chi connectivity index (χ3v) is 3.56. The van der Waals surface area contributed by atoms with Gasteiger partial charge in [0.25, 0.3) is 0 Å². The van der Waals surface area contributed by atoms with Crippen molar-refractivity contribution in [2.24, 2.45) is 0 Å². The molecule has 0 fully saturated rings. The summed E-state index contributed by atoms with van der Waals surface area (Å²) in [4.78, 5) is 3.98. The van der Waals surface area contributed by atoms with Crippen molar-refractivity contribution in [2.45, 2.75) is 18.2 Å². The number of allylic oxidation sites excluding steroid dienone is 1. The van der Waals surface area contributed by atoms with E-state index in [1.54, 1.807) is 12.3 Å². The van der Waals surface area contributed by atoms with Crippen molar-refractivity contribution in [2.75, 3.05) is 5.73 Å². The maximum absolute atomic E-state index is 8.70. The van der Waals surface area contributed by atoms with E-state index >= 15 is 0 Å². The molecule has 1 heterocycles. The Morgan fingerprint density at radius 2 is 2.04 bits per heavy atom. The van der Waals surface area contributed by atoms with Gasteiger partial charge in [-0.25, -0.2) is 0 Å². The van der Waals surface area contributed by atoms with Gasteiger partial charge in [-0.2, -0.15) is 5.26 Å². The summed E-state index contributed by atoms with van der Waals surface area (Å²) in [6.07, 6.45) is 2.62. The van der Waals surface area contributed by atoms with E-state index in [4.69, 9.17) is 11.0 Å². The Hall–Kier alpha value is -2.64. The summed E-state index contributed by atoms with van der Waals surface area (Å²) < 4.78 is 0. The van der Waals surface area contributed by atoms with Crippen LogP contribution in [0.2, 0.25) is 0 Å². The summed E-state index contributed by atoms with van der Waals surface area (Å²) in [5, 5.41) is 9.59. The Kier molecular flexibility index (Phi) is 5.51. The average molecular weight is 321 g/mol. The molecule has 116 valence electrons. The second-order valence-electron chi connectivity index (χ2n) is 5.39. The number of nitrogens with two attached hydrogens (primary N) is 1. The van der Waals surface area contributed by atoms with Gasteiger partial charge in [0.1, 0.15) is 6.07 Å². The number of aromatic nitrogens is 1. The van der Waals surface area contributed by atoms with Crippen LogP contribution in [0.5, 0.6) is 0 Å². The fraction of sp³-hybridized carbons (Fsp3) is 0.105. The fourth-order valence-corrected chi connectivity index (χ4v) is 2.54. The van der Waals surface area contributed by atoms with Gasteiger partial charge in [0.2, 0.25) is 0 Å². The molecule has 4 heteroatoms. The number of H-pyrrole nitrogens is 1. The van der Waals surface area contributed by atoms with E-state index in [9.17, 15) is 0 Å². The minimum Gasteiger partial charge on any atom is -0.397 e. The predicted molar refractivity (Wildman–Crippen MR) is 99.6 cm³/mol. The minimum absolute atomic E-state index is 0.636. The molecular weight excluding hydrogens is 302 g/mol. The summed E-state index contributed by atoms with van der Waals surface area (Å²) in [6, 6.07) is 15.8. The molecule has 0 aliphatic rings. The number of nitriles is 1. The van der Waals surface area contributed by atoms with Gasteiger partial charge < -0.3 is 10.7 Å². The van der Waals surface area contributed by atoms with Crippen LogP contribution in [0.4, 0.5) is 5.69 Å². The Balaban J connectivity index is 0.000000168. The highest BCUT2D eigenvalue weighted by atomic mass is 32.1. The number of hydrogen-bond donors (Lipinski definition) is 3. The fourth-order valence-electron chi connectivity index (χ4n) is 2.29. The SMILES string of the molecule is C=C(C)Cc1cccc(S)c1.N#Cc1c[nH]c2c(N)cccc12. The van der Waals surface area contributed by atoms with E-state index in [1.807, 2.05) is 31.2 Å². The molecule has 3 aromatic rings. The number of aromatic amines is 1. The summed E-state index contributed by atoms with van der Waals surface area (Å²) in [5.41, 5.74) is 10.3. The lowest BCUT2D eigenvalue weighted by atomic mass is 10.1. The van der Waals surface area contributed by atoms with Crippen LogP contribution in [0, 0.1) is 11.3 Å². The van der Waals surface area contributed by atoms with Gasteiger partial charge in [0, 0.05) is 16.5 Å². The lowest BCUT2D eigenvalue weighted by Crippen LogP contribution is -1.84. The van der Waals surface area contributed by atoms with Crippen molar-refractivity contribution >= 4 is 29.2 Å². The molecule has 0 aliphatic heterocycles. The number of para-hydroxylation sites is 1. The molecule has 3 rings (SSSR count). The van der Waals surface area contributed by atoms with Gasteiger partial charge in [-0.15, -0.1) is 12.6 Å². The third-order valence-electron chi connectivity index (χ3n) is 3.28. The maximum Gasteiger partial charge on any atom is 0.101 e. The van der Waals surface area contributed by atoms with Crippen molar-refractivity contribution in [3.63, 3.8) is 0 Å². The molecule has 3 N–H and O–H groups in total. The smallest absolute Gasteiger partial charge is 0.101 e. The highest BCUT2D eigenvalue weighted by Crippen LogP contribution is 2.22. The highest BCUT2D eigenvalue weighted by Gasteiger charge is 2.03. The molecule has 0 saturated carbocycles. The number of nitrogen functional groups attached to an aromatic ring is 1. The van der Waals surface area contributed by atoms with Gasteiger partial charge >= 0.3 is 0 Å². The van der Waals surface area contributed by atoms with Crippen molar-refractivity contribution < 1.29 is 0 Å². The summed E-state index contributed by atoms with van der Waals surface area (Å²) in [6.45, 7) is 5.89. The van der Waals surface area contributed by atoms with Crippen LogP contribution in [-0.4, -0.2) is 4.98 Å². The number of nitrogens with zero attached hydrogens (tertiary/aromatic N) is 1.